The summed E-state index contributed by atoms with van der Waals surface area (Å²) in [6.45, 7) is 0. The van der Waals surface area contributed by atoms with Gasteiger partial charge in [-0.25, -0.2) is 0 Å². The molecule has 68 valence electrons. The Morgan fingerprint density at radius 2 is 2.00 bits per heavy atom. The van der Waals surface area contributed by atoms with Gasteiger partial charge in [0.25, 0.3) is 0 Å². The first-order valence-electron chi connectivity index (χ1n) is 3.55. The lowest BCUT2D eigenvalue weighted by Crippen LogP contribution is -1.92. The van der Waals surface area contributed by atoms with Crippen molar-refractivity contribution in [1.29, 1.82) is 5.26 Å². The minimum atomic E-state index is 0.282. The van der Waals surface area contributed by atoms with Crippen molar-refractivity contribution >= 4 is 11.6 Å². The number of hydrogen-bond donors (Lipinski definition) is 0. The molecule has 1 aromatic carbocycles. The summed E-state index contributed by atoms with van der Waals surface area (Å²) in [5.41, 5.74) is 0.374. The van der Waals surface area contributed by atoms with Crippen molar-refractivity contribution in [1.82, 2.24) is 0 Å². The Morgan fingerprint density at radius 1 is 1.31 bits per heavy atom. The Morgan fingerprint density at radius 3 is 2.46 bits per heavy atom. The van der Waals surface area contributed by atoms with E-state index in [2.05, 4.69) is 0 Å². The molecule has 0 heterocycles. The quantitative estimate of drug-likeness (QED) is 0.730. The molecule has 1 rings (SSSR count). The van der Waals surface area contributed by atoms with E-state index in [4.69, 9.17) is 26.3 Å². The lowest BCUT2D eigenvalue weighted by molar-refractivity contribution is 0.355. The van der Waals surface area contributed by atoms with E-state index in [0.717, 1.165) is 0 Å². The molecule has 0 atom stereocenters. The van der Waals surface area contributed by atoms with Crippen LogP contribution in [0.25, 0.3) is 0 Å². The first kappa shape index (κ1) is 9.69. The van der Waals surface area contributed by atoms with Crippen LogP contribution < -0.4 is 9.47 Å². The molecule has 0 aliphatic rings. The van der Waals surface area contributed by atoms with Crippen molar-refractivity contribution in [2.24, 2.45) is 0 Å². The lowest BCUT2D eigenvalue weighted by atomic mass is 10.2. The van der Waals surface area contributed by atoms with Crippen molar-refractivity contribution in [3.05, 3.63) is 22.7 Å². The molecular weight excluding hydrogens is 190 g/mol. The SMILES string of the molecule is COc1ccc(C#N)c(Cl)c1OC. The second-order valence-corrected chi connectivity index (χ2v) is 2.65. The molecule has 0 spiro atoms. The first-order valence-corrected chi connectivity index (χ1v) is 3.93. The Hall–Kier alpha value is -1.40. The van der Waals surface area contributed by atoms with E-state index in [1.807, 2.05) is 6.07 Å². The molecule has 0 amide bonds. The largest absolute Gasteiger partial charge is 0.493 e. The summed E-state index contributed by atoms with van der Waals surface area (Å²) < 4.78 is 10.00. The first-order chi connectivity index (χ1) is 6.24. The number of nitriles is 1. The zero-order chi connectivity index (χ0) is 9.84. The number of benzene rings is 1. The Bertz CT molecular complexity index is 357. The lowest BCUT2D eigenvalue weighted by Gasteiger charge is -2.09. The minimum absolute atomic E-state index is 0.282. The molecular formula is C9H8ClNO2. The summed E-state index contributed by atoms with van der Waals surface area (Å²) in [6.07, 6.45) is 0. The van der Waals surface area contributed by atoms with Crippen LogP contribution in [0.4, 0.5) is 0 Å². The van der Waals surface area contributed by atoms with Crippen molar-refractivity contribution in [3.63, 3.8) is 0 Å². The zero-order valence-corrected chi connectivity index (χ0v) is 8.05. The molecule has 0 fully saturated rings. The van der Waals surface area contributed by atoms with Crippen LogP contribution in [0.3, 0.4) is 0 Å². The molecule has 0 unspecified atom stereocenters. The summed E-state index contributed by atoms with van der Waals surface area (Å²) in [4.78, 5) is 0. The molecule has 0 bridgehead atoms. The van der Waals surface area contributed by atoms with Gasteiger partial charge in [-0.1, -0.05) is 11.6 Å². The third-order valence-electron chi connectivity index (χ3n) is 1.61. The molecule has 0 aliphatic heterocycles. The van der Waals surface area contributed by atoms with Crippen LogP contribution in [0.15, 0.2) is 12.1 Å². The fourth-order valence-electron chi connectivity index (χ4n) is 0.976. The highest BCUT2D eigenvalue weighted by molar-refractivity contribution is 6.33. The number of halogens is 1. The molecule has 4 heteroatoms. The standard InChI is InChI=1S/C9H8ClNO2/c1-12-7-4-3-6(5-11)8(10)9(7)13-2/h3-4H,1-2H3. The molecule has 0 aliphatic carbocycles. The van der Waals surface area contributed by atoms with Crippen molar-refractivity contribution in [3.8, 4) is 17.6 Å². The van der Waals surface area contributed by atoms with Crippen LogP contribution >= 0.6 is 11.6 Å². The summed E-state index contributed by atoms with van der Waals surface area (Å²) >= 11 is 5.87. The summed E-state index contributed by atoms with van der Waals surface area (Å²) in [7, 11) is 2.99. The molecule has 0 radical (unpaired) electrons. The highest BCUT2D eigenvalue weighted by Gasteiger charge is 2.11. The van der Waals surface area contributed by atoms with Crippen LogP contribution in [0.1, 0.15) is 5.56 Å². The number of ether oxygens (including phenoxy) is 2. The van der Waals surface area contributed by atoms with Crippen LogP contribution in [0, 0.1) is 11.3 Å². The Balaban J connectivity index is 3.34. The predicted molar refractivity (Wildman–Crippen MR) is 49.3 cm³/mol. The van der Waals surface area contributed by atoms with Gasteiger partial charge in [0.2, 0.25) is 0 Å². The second-order valence-electron chi connectivity index (χ2n) is 2.27. The van der Waals surface area contributed by atoms with E-state index in [1.54, 1.807) is 12.1 Å². The van der Waals surface area contributed by atoms with Crippen LogP contribution in [-0.2, 0) is 0 Å². The van der Waals surface area contributed by atoms with E-state index in [0.29, 0.717) is 17.1 Å². The molecule has 13 heavy (non-hydrogen) atoms. The van der Waals surface area contributed by atoms with Gasteiger partial charge in [-0.3, -0.25) is 0 Å². The number of rotatable bonds is 2. The van der Waals surface area contributed by atoms with E-state index in [9.17, 15) is 0 Å². The third kappa shape index (κ3) is 1.68. The zero-order valence-electron chi connectivity index (χ0n) is 7.30. The molecule has 0 saturated heterocycles. The Kier molecular flexibility index (Phi) is 2.99. The predicted octanol–water partition coefficient (Wildman–Crippen LogP) is 2.23. The monoisotopic (exact) mass is 197 g/mol. The van der Waals surface area contributed by atoms with Gasteiger partial charge in [-0.05, 0) is 12.1 Å². The fraction of sp³-hybridized carbons (Fsp3) is 0.222. The maximum Gasteiger partial charge on any atom is 0.180 e. The number of nitrogens with zero attached hydrogens (tertiary/aromatic N) is 1. The molecule has 0 aromatic heterocycles. The van der Waals surface area contributed by atoms with Gasteiger partial charge in [0.15, 0.2) is 11.5 Å². The second kappa shape index (κ2) is 4.01. The van der Waals surface area contributed by atoms with Gasteiger partial charge in [-0.15, -0.1) is 0 Å². The van der Waals surface area contributed by atoms with Gasteiger partial charge >= 0.3 is 0 Å². The van der Waals surface area contributed by atoms with Crippen LogP contribution in [0.5, 0.6) is 11.5 Å². The highest BCUT2D eigenvalue weighted by Crippen LogP contribution is 2.36. The fourth-order valence-corrected chi connectivity index (χ4v) is 1.25. The molecule has 0 saturated carbocycles. The Labute approximate surface area is 81.4 Å². The van der Waals surface area contributed by atoms with Crippen molar-refractivity contribution in [2.75, 3.05) is 14.2 Å². The van der Waals surface area contributed by atoms with Gasteiger partial charge in [0.1, 0.15) is 11.1 Å². The maximum atomic E-state index is 8.67. The van der Waals surface area contributed by atoms with Crippen molar-refractivity contribution < 1.29 is 9.47 Å². The number of hydrogen-bond acceptors (Lipinski definition) is 3. The molecule has 3 nitrogen and oxygen atoms in total. The van der Waals surface area contributed by atoms with Crippen molar-refractivity contribution in [2.45, 2.75) is 0 Å². The molecule has 1 aromatic rings. The van der Waals surface area contributed by atoms with Crippen LogP contribution in [0.2, 0.25) is 5.02 Å². The van der Waals surface area contributed by atoms with E-state index < -0.39 is 0 Å². The van der Waals surface area contributed by atoms with Gasteiger partial charge in [0.05, 0.1) is 19.8 Å². The minimum Gasteiger partial charge on any atom is -0.493 e. The van der Waals surface area contributed by atoms with E-state index in [1.165, 1.54) is 14.2 Å². The van der Waals surface area contributed by atoms with Gasteiger partial charge < -0.3 is 9.47 Å². The summed E-state index contributed by atoms with van der Waals surface area (Å²) in [5, 5.41) is 8.95. The summed E-state index contributed by atoms with van der Waals surface area (Å²) in [6, 6.07) is 5.18. The van der Waals surface area contributed by atoms with E-state index in [-0.39, 0.29) is 5.02 Å². The van der Waals surface area contributed by atoms with Gasteiger partial charge in [-0.2, -0.15) is 5.26 Å². The summed E-state index contributed by atoms with van der Waals surface area (Å²) in [5.74, 6) is 0.912. The van der Waals surface area contributed by atoms with Crippen LogP contribution in [-0.4, -0.2) is 14.2 Å². The third-order valence-corrected chi connectivity index (χ3v) is 1.98. The van der Waals surface area contributed by atoms with Gasteiger partial charge in [0, 0.05) is 0 Å². The normalized spacial score (nSPS) is 9.08. The highest BCUT2D eigenvalue weighted by atomic mass is 35.5. The van der Waals surface area contributed by atoms with E-state index >= 15 is 0 Å². The smallest absolute Gasteiger partial charge is 0.180 e. The maximum absolute atomic E-state index is 8.67. The molecule has 0 N–H and O–H groups in total. The average molecular weight is 198 g/mol. The number of methoxy groups -OCH3 is 2. The topological polar surface area (TPSA) is 42.2 Å². The average Bonchev–Trinajstić information content (AvgIpc) is 2.17.